The molecule has 0 N–H and O–H groups in total. The van der Waals surface area contributed by atoms with Gasteiger partial charge in [0.25, 0.3) is 0 Å². The summed E-state index contributed by atoms with van der Waals surface area (Å²) in [5.41, 5.74) is 0. The van der Waals surface area contributed by atoms with Gasteiger partial charge in [0.2, 0.25) is 0 Å². The quantitative estimate of drug-likeness (QED) is 0.512. The minimum Gasteiger partial charge on any atom is -0.395 e. The Morgan fingerprint density at radius 3 is 1.70 bits per heavy atom. The van der Waals surface area contributed by atoms with E-state index < -0.39 is 26.2 Å². The summed E-state index contributed by atoms with van der Waals surface area (Å²) in [6.45, 7) is 19.0. The lowest BCUT2D eigenvalue weighted by Crippen LogP contribution is -2.41. The molecule has 0 aliphatic carbocycles. The summed E-state index contributed by atoms with van der Waals surface area (Å²) >= 11 is 0. The van der Waals surface area contributed by atoms with Crippen LogP contribution in [0.4, 0.5) is 0 Å². The molecule has 6 heteroatoms. The molecule has 0 spiro atoms. The first-order chi connectivity index (χ1) is 9.33. The molecule has 0 saturated carbocycles. The van der Waals surface area contributed by atoms with Crippen molar-refractivity contribution in [3.8, 4) is 0 Å². The van der Waals surface area contributed by atoms with Gasteiger partial charge in [-0.3, -0.25) is 0 Å². The summed E-state index contributed by atoms with van der Waals surface area (Å²) in [4.78, 5) is 2.72. The van der Waals surface area contributed by atoms with E-state index in [1.54, 1.807) is 0 Å². The molecule has 0 aromatic rings. The second-order valence-electron chi connectivity index (χ2n) is 6.65. The molecular formula is C14H37NO2Si3. The molecule has 0 aromatic heterocycles. The third-order valence-electron chi connectivity index (χ3n) is 3.25. The van der Waals surface area contributed by atoms with Crippen LogP contribution < -0.4 is 0 Å². The van der Waals surface area contributed by atoms with Crippen LogP contribution in [-0.2, 0) is 8.85 Å². The van der Waals surface area contributed by atoms with E-state index in [-0.39, 0.29) is 0 Å². The molecule has 0 unspecified atom stereocenters. The third-order valence-corrected chi connectivity index (χ3v) is 8.81. The van der Waals surface area contributed by atoms with Crippen molar-refractivity contribution in [2.75, 3.05) is 32.1 Å². The number of hydrogen-bond acceptors (Lipinski definition) is 3. The molecule has 0 atom stereocenters. The smallest absolute Gasteiger partial charge is 0.334 e. The van der Waals surface area contributed by atoms with Crippen LogP contribution in [0, 0.1) is 0 Å². The van der Waals surface area contributed by atoms with Gasteiger partial charge in [0.15, 0.2) is 0 Å². The van der Waals surface area contributed by atoms with Gasteiger partial charge in [0.1, 0.15) is 0 Å². The van der Waals surface area contributed by atoms with Crippen LogP contribution in [0.3, 0.4) is 0 Å². The van der Waals surface area contributed by atoms with Gasteiger partial charge in [-0.05, 0) is 51.7 Å². The molecule has 0 aromatic carbocycles. The first-order valence-electron chi connectivity index (χ1n) is 8.33. The van der Waals surface area contributed by atoms with Gasteiger partial charge in [-0.1, -0.05) is 26.2 Å². The molecule has 0 radical (unpaired) electrons. The van der Waals surface area contributed by atoms with Crippen molar-refractivity contribution in [3.63, 3.8) is 0 Å². The topological polar surface area (TPSA) is 21.7 Å². The molecule has 0 saturated heterocycles. The first kappa shape index (κ1) is 20.5. The van der Waals surface area contributed by atoms with Crippen molar-refractivity contribution in [2.45, 2.75) is 59.0 Å². The molecule has 3 nitrogen and oxygen atoms in total. The molecule has 0 fully saturated rings. The molecule has 0 rings (SSSR count). The van der Waals surface area contributed by atoms with Crippen molar-refractivity contribution >= 4 is 26.2 Å². The van der Waals surface area contributed by atoms with Crippen LogP contribution in [0.1, 0.15) is 20.3 Å². The average Bonchev–Trinajstić information content (AvgIpc) is 2.27. The Bertz CT molecular complexity index is 224. The summed E-state index contributed by atoms with van der Waals surface area (Å²) in [5, 5.41) is 0. The Morgan fingerprint density at radius 1 is 0.900 bits per heavy atom. The molecule has 20 heavy (non-hydrogen) atoms. The largest absolute Gasteiger partial charge is 0.395 e. The van der Waals surface area contributed by atoms with E-state index >= 15 is 0 Å². The second-order valence-corrected chi connectivity index (χ2v) is 16.3. The minimum atomic E-state index is -1.90. The van der Waals surface area contributed by atoms with Gasteiger partial charge in [-0.15, -0.1) is 0 Å². The maximum absolute atomic E-state index is 5.93. The van der Waals surface area contributed by atoms with Crippen LogP contribution in [0.15, 0.2) is 0 Å². The average molecular weight is 336 g/mol. The van der Waals surface area contributed by atoms with Crippen molar-refractivity contribution < 1.29 is 8.85 Å². The van der Waals surface area contributed by atoms with Crippen LogP contribution >= 0.6 is 0 Å². The fourth-order valence-electron chi connectivity index (χ4n) is 2.71. The van der Waals surface area contributed by atoms with Crippen molar-refractivity contribution in [2.24, 2.45) is 0 Å². The molecule has 0 aliphatic rings. The highest BCUT2D eigenvalue weighted by atomic mass is 28.4. The second kappa shape index (κ2) is 11.1. The number of rotatable bonds is 12. The normalized spacial score (nSPS) is 12.9. The lowest BCUT2D eigenvalue weighted by atomic mass is 10.4. The molecular weight excluding hydrogens is 298 g/mol. The monoisotopic (exact) mass is 335 g/mol. The summed E-state index contributed by atoms with van der Waals surface area (Å²) in [6.07, 6.45) is 3.96. The number of hydrogen-bond donors (Lipinski definition) is 0. The summed E-state index contributed by atoms with van der Waals surface area (Å²) < 4.78 is 11.9. The minimum absolute atomic E-state index is 0.502. The molecule has 0 bridgehead atoms. The highest BCUT2D eigenvalue weighted by molar-refractivity contribution is 6.66. The summed E-state index contributed by atoms with van der Waals surface area (Å²) in [5.74, 6) is 0. The highest BCUT2D eigenvalue weighted by Gasteiger charge is 2.30. The van der Waals surface area contributed by atoms with E-state index in [1.807, 2.05) is 0 Å². The van der Waals surface area contributed by atoms with E-state index in [1.165, 1.54) is 25.3 Å². The van der Waals surface area contributed by atoms with Crippen LogP contribution in [0.2, 0.25) is 38.8 Å². The maximum atomic E-state index is 5.93. The van der Waals surface area contributed by atoms with Crippen molar-refractivity contribution in [3.05, 3.63) is 0 Å². The summed E-state index contributed by atoms with van der Waals surface area (Å²) in [7, 11) is -2.90. The van der Waals surface area contributed by atoms with Gasteiger partial charge in [-0.25, -0.2) is 0 Å². The van der Waals surface area contributed by atoms with Crippen LogP contribution in [0.5, 0.6) is 0 Å². The Morgan fingerprint density at radius 2 is 1.35 bits per heavy atom. The van der Waals surface area contributed by atoms with Crippen molar-refractivity contribution in [1.82, 2.24) is 4.90 Å². The molecule has 0 aliphatic heterocycles. The zero-order chi connectivity index (χ0) is 15.6. The molecule has 0 heterocycles. The Labute approximate surface area is 131 Å². The fourth-order valence-corrected chi connectivity index (χ4v) is 8.13. The zero-order valence-electron chi connectivity index (χ0n) is 14.9. The van der Waals surface area contributed by atoms with Gasteiger partial charge < -0.3 is 13.8 Å². The predicted molar refractivity (Wildman–Crippen MR) is 98.5 cm³/mol. The van der Waals surface area contributed by atoms with Crippen LogP contribution in [0.25, 0.3) is 0 Å². The molecule has 122 valence electrons. The standard InChI is InChI=1S/C14H37NO2Si3/c1-8-16-20(7,17-9-2)12-10-11-15(13-18(3)4)14-19(5)6/h18-19H,8-14H2,1-7H3. The number of nitrogens with zero attached hydrogens (tertiary/aromatic N) is 1. The fraction of sp³-hybridized carbons (Fsp3) is 1.00. The Balaban J connectivity index is 4.24. The lowest BCUT2D eigenvalue weighted by molar-refractivity contribution is 0.187. The van der Waals surface area contributed by atoms with Gasteiger partial charge in [-0.2, -0.15) is 0 Å². The van der Waals surface area contributed by atoms with Gasteiger partial charge >= 0.3 is 8.56 Å². The SMILES string of the molecule is CCO[Si](C)(CCCN(C[SiH](C)C)C[SiH](C)C)OCC. The molecule has 0 amide bonds. The Kier molecular flexibility index (Phi) is 11.4. The van der Waals surface area contributed by atoms with E-state index in [2.05, 4.69) is 51.5 Å². The van der Waals surface area contributed by atoms with Crippen molar-refractivity contribution in [1.29, 1.82) is 0 Å². The highest BCUT2D eigenvalue weighted by Crippen LogP contribution is 2.16. The van der Waals surface area contributed by atoms with Gasteiger partial charge in [0.05, 0.1) is 0 Å². The predicted octanol–water partition coefficient (Wildman–Crippen LogP) is 2.88. The van der Waals surface area contributed by atoms with E-state index in [4.69, 9.17) is 8.85 Å². The zero-order valence-corrected chi connectivity index (χ0v) is 18.2. The van der Waals surface area contributed by atoms with Crippen LogP contribution in [-0.4, -0.2) is 63.1 Å². The van der Waals surface area contributed by atoms with Gasteiger partial charge in [0, 0.05) is 30.8 Å². The van der Waals surface area contributed by atoms with E-state index in [0.717, 1.165) is 19.3 Å². The van der Waals surface area contributed by atoms with E-state index in [9.17, 15) is 0 Å². The Hall–Kier alpha value is 0.531. The maximum Gasteiger partial charge on any atom is 0.334 e. The van der Waals surface area contributed by atoms with E-state index in [0.29, 0.717) is 0 Å². The lowest BCUT2D eigenvalue weighted by Gasteiger charge is -2.29. The summed E-state index contributed by atoms with van der Waals surface area (Å²) in [6, 6.07) is 1.13. The third kappa shape index (κ3) is 10.3. The first-order valence-corrected chi connectivity index (χ1v) is 17.1.